The van der Waals surface area contributed by atoms with Crippen molar-refractivity contribution >= 4 is 27.9 Å². The number of ether oxygens (including phenoxy) is 1. The summed E-state index contributed by atoms with van der Waals surface area (Å²) in [6.45, 7) is 3.42. The Morgan fingerprint density at radius 1 is 1.23 bits per heavy atom. The van der Waals surface area contributed by atoms with Crippen molar-refractivity contribution in [2.75, 3.05) is 26.2 Å². The molecule has 1 atom stereocenters. The van der Waals surface area contributed by atoms with Crippen LogP contribution in [0.5, 0.6) is 11.5 Å². The van der Waals surface area contributed by atoms with Crippen molar-refractivity contribution in [1.29, 1.82) is 0 Å². The quantitative estimate of drug-likeness (QED) is 0.228. The second kappa shape index (κ2) is 11.5. The lowest BCUT2D eigenvalue weighted by Crippen LogP contribution is -2.53. The molecular formula is C22H27N5O7S. The van der Waals surface area contributed by atoms with Crippen LogP contribution in [0.2, 0.25) is 0 Å². The van der Waals surface area contributed by atoms with E-state index in [9.17, 15) is 28.2 Å². The lowest BCUT2D eigenvalue weighted by molar-refractivity contribution is -0.142. The molecule has 0 saturated heterocycles. The Hall–Kier alpha value is -3.84. The normalized spacial score (nSPS) is 14.3. The van der Waals surface area contributed by atoms with Crippen LogP contribution < -0.4 is 20.2 Å². The number of carboxylic acid groups (broad SMARTS) is 1. The molecule has 0 fully saturated rings. The maximum Gasteiger partial charge on any atom is 0.327 e. The van der Waals surface area contributed by atoms with Crippen LogP contribution in [0.25, 0.3) is 0 Å². The van der Waals surface area contributed by atoms with Gasteiger partial charge < -0.3 is 25.6 Å². The zero-order valence-corrected chi connectivity index (χ0v) is 19.8. The Morgan fingerprint density at radius 2 is 1.97 bits per heavy atom. The number of hydrogen-bond donors (Lipinski definition) is 5. The smallest absolute Gasteiger partial charge is 0.327 e. The molecule has 0 radical (unpaired) electrons. The summed E-state index contributed by atoms with van der Waals surface area (Å²) >= 11 is 0. The van der Waals surface area contributed by atoms with Gasteiger partial charge in [-0.05, 0) is 37.6 Å². The van der Waals surface area contributed by atoms with Crippen LogP contribution in [-0.2, 0) is 14.8 Å². The van der Waals surface area contributed by atoms with Crippen molar-refractivity contribution < 1.29 is 33.0 Å². The summed E-state index contributed by atoms with van der Waals surface area (Å²) < 4.78 is 31.0. The molecule has 1 unspecified atom stereocenters. The van der Waals surface area contributed by atoms with Gasteiger partial charge >= 0.3 is 5.97 Å². The summed E-state index contributed by atoms with van der Waals surface area (Å²) in [6, 6.07) is 9.45. The van der Waals surface area contributed by atoms with Gasteiger partial charge in [0.25, 0.3) is 15.9 Å². The number of nitrogens with one attached hydrogen (secondary N) is 3. The molecule has 1 heterocycles. The van der Waals surface area contributed by atoms with E-state index in [0.29, 0.717) is 17.5 Å². The number of benzene rings is 2. The molecule has 1 amide bonds. The minimum absolute atomic E-state index is 0.161. The number of rotatable bonds is 10. The molecule has 13 heteroatoms. The van der Waals surface area contributed by atoms with Gasteiger partial charge in [0.1, 0.15) is 24.1 Å². The predicted molar refractivity (Wildman–Crippen MR) is 127 cm³/mol. The molecule has 35 heavy (non-hydrogen) atoms. The number of nitrogens with zero attached hydrogens (tertiary/aromatic N) is 2. The van der Waals surface area contributed by atoms with Crippen LogP contribution >= 0.6 is 0 Å². The molecule has 0 aliphatic carbocycles. The third-order valence-corrected chi connectivity index (χ3v) is 6.33. The fraction of sp³-hybridized carbons (Fsp3) is 0.318. The SMILES string of the molecule is CC(C(=O)O)N(NS(=O)(=O)c1ccccc1)C(=O)c1ccc(OCCNC2=NCCCN2)cc1O. The van der Waals surface area contributed by atoms with Crippen LogP contribution in [0.4, 0.5) is 0 Å². The second-order valence-corrected chi connectivity index (χ2v) is 9.22. The highest BCUT2D eigenvalue weighted by atomic mass is 32.2. The number of amides is 1. The summed E-state index contributed by atoms with van der Waals surface area (Å²) in [5.41, 5.74) is -0.305. The molecule has 2 aromatic rings. The van der Waals surface area contributed by atoms with E-state index in [1.807, 2.05) is 4.83 Å². The van der Waals surface area contributed by atoms with Crippen molar-refractivity contribution in [2.24, 2.45) is 4.99 Å². The maximum atomic E-state index is 13.1. The predicted octanol–water partition coefficient (Wildman–Crippen LogP) is 0.519. The number of hydrogen-bond acceptors (Lipinski definition) is 9. The standard InChI is InChI=1S/C22H27N5O7S/c1-15(21(30)31)27(26-35(32,33)17-6-3-2-4-7-17)20(29)18-9-8-16(14-19(18)28)34-13-12-25-22-23-10-5-11-24-22/h2-4,6-9,14-15,26,28H,5,10-13H2,1H3,(H,30,31)(H2,23,24,25). The molecule has 0 bridgehead atoms. The van der Waals surface area contributed by atoms with E-state index in [4.69, 9.17) is 4.74 Å². The van der Waals surface area contributed by atoms with Gasteiger partial charge in [-0.2, -0.15) is 0 Å². The molecule has 2 aromatic carbocycles. The lowest BCUT2D eigenvalue weighted by Gasteiger charge is -2.27. The molecule has 5 N–H and O–H groups in total. The number of carboxylic acids is 1. The van der Waals surface area contributed by atoms with E-state index >= 15 is 0 Å². The number of phenolic OH excluding ortho intramolecular Hbond substituents is 1. The minimum Gasteiger partial charge on any atom is -0.507 e. The van der Waals surface area contributed by atoms with E-state index in [1.165, 1.54) is 42.5 Å². The van der Waals surface area contributed by atoms with Gasteiger partial charge in [-0.15, -0.1) is 4.83 Å². The van der Waals surface area contributed by atoms with Gasteiger partial charge in [0.2, 0.25) is 0 Å². The highest BCUT2D eigenvalue weighted by Gasteiger charge is 2.32. The van der Waals surface area contributed by atoms with Gasteiger partial charge in [-0.1, -0.05) is 18.2 Å². The Bertz CT molecular complexity index is 1190. The number of sulfonamides is 1. The van der Waals surface area contributed by atoms with Crippen LogP contribution in [0.3, 0.4) is 0 Å². The summed E-state index contributed by atoms with van der Waals surface area (Å²) in [5, 5.41) is 26.5. The molecular weight excluding hydrogens is 478 g/mol. The number of hydrazine groups is 1. The number of aliphatic imine (C=N–C) groups is 1. The van der Waals surface area contributed by atoms with Crippen LogP contribution in [0.15, 0.2) is 58.4 Å². The van der Waals surface area contributed by atoms with E-state index in [1.54, 1.807) is 6.07 Å². The highest BCUT2D eigenvalue weighted by molar-refractivity contribution is 7.89. The highest BCUT2D eigenvalue weighted by Crippen LogP contribution is 2.25. The third-order valence-electron chi connectivity index (χ3n) is 5.00. The molecule has 188 valence electrons. The number of carbonyl (C=O) groups is 2. The summed E-state index contributed by atoms with van der Waals surface area (Å²) in [6.07, 6.45) is 0.975. The zero-order chi connectivity index (χ0) is 25.4. The summed E-state index contributed by atoms with van der Waals surface area (Å²) in [4.78, 5) is 30.8. The molecule has 0 saturated carbocycles. The number of carbonyl (C=O) groups excluding carboxylic acids is 1. The molecule has 12 nitrogen and oxygen atoms in total. The molecule has 0 spiro atoms. The topological polar surface area (TPSA) is 170 Å². The van der Waals surface area contributed by atoms with Crippen molar-refractivity contribution in [2.45, 2.75) is 24.3 Å². The average molecular weight is 506 g/mol. The molecule has 3 rings (SSSR count). The van der Waals surface area contributed by atoms with Crippen molar-refractivity contribution in [1.82, 2.24) is 20.5 Å². The van der Waals surface area contributed by atoms with E-state index in [-0.39, 0.29) is 22.8 Å². The van der Waals surface area contributed by atoms with Crippen LogP contribution in [-0.4, -0.2) is 73.8 Å². The second-order valence-electron chi connectivity index (χ2n) is 7.56. The minimum atomic E-state index is -4.27. The first-order chi connectivity index (χ1) is 16.7. The third kappa shape index (κ3) is 6.83. The Morgan fingerprint density at radius 3 is 2.60 bits per heavy atom. The van der Waals surface area contributed by atoms with Crippen molar-refractivity contribution in [3.05, 3.63) is 54.1 Å². The Labute approximate surface area is 202 Å². The maximum absolute atomic E-state index is 13.1. The van der Waals surface area contributed by atoms with Gasteiger partial charge in [-0.25, -0.2) is 18.2 Å². The summed E-state index contributed by atoms with van der Waals surface area (Å²) in [7, 11) is -4.27. The molecule has 1 aliphatic heterocycles. The van der Waals surface area contributed by atoms with Crippen LogP contribution in [0.1, 0.15) is 23.7 Å². The van der Waals surface area contributed by atoms with Gasteiger partial charge in [0, 0.05) is 19.2 Å². The first-order valence-corrected chi connectivity index (χ1v) is 12.3. The largest absolute Gasteiger partial charge is 0.507 e. The number of aromatic hydroxyl groups is 1. The average Bonchev–Trinajstić information content (AvgIpc) is 2.85. The van der Waals surface area contributed by atoms with Gasteiger partial charge in [0.05, 0.1) is 17.0 Å². The Balaban J connectivity index is 1.71. The number of phenols is 1. The van der Waals surface area contributed by atoms with Gasteiger partial charge in [-0.3, -0.25) is 9.79 Å². The zero-order valence-electron chi connectivity index (χ0n) is 19.0. The number of aliphatic carboxylic acids is 1. The van der Waals surface area contributed by atoms with Gasteiger partial charge in [0.15, 0.2) is 5.96 Å². The summed E-state index contributed by atoms with van der Waals surface area (Å²) in [5.74, 6) is -2.04. The van der Waals surface area contributed by atoms with Crippen molar-refractivity contribution in [3.8, 4) is 11.5 Å². The first-order valence-electron chi connectivity index (χ1n) is 10.8. The molecule has 1 aliphatic rings. The monoisotopic (exact) mass is 505 g/mol. The fourth-order valence-corrected chi connectivity index (χ4v) is 4.21. The molecule has 0 aromatic heterocycles. The van der Waals surface area contributed by atoms with E-state index in [2.05, 4.69) is 15.6 Å². The van der Waals surface area contributed by atoms with E-state index in [0.717, 1.165) is 26.4 Å². The fourth-order valence-electron chi connectivity index (χ4n) is 3.09. The van der Waals surface area contributed by atoms with E-state index < -0.39 is 33.7 Å². The Kier molecular flexibility index (Phi) is 8.49. The first kappa shape index (κ1) is 25.8. The van der Waals surface area contributed by atoms with Crippen molar-refractivity contribution in [3.63, 3.8) is 0 Å². The van der Waals surface area contributed by atoms with Crippen LogP contribution in [0, 0.1) is 0 Å². The lowest BCUT2D eigenvalue weighted by atomic mass is 10.1. The number of guanidine groups is 1.